The standard InChI is InChI=1S/C57H94O28S/c1-21(2)22(3)31(59)18-57(9,71)35-11-10-28-27-17-32(30-16-26(85-86(72,73)74)12-14-55(30,7)29(27)13-15-56(28,35)8)79-52-46(70)47(38(62)25(6)78-52)82-53-48(83-50-44(68)41(65)36(60)23(4)76-50)40(64)34(20-75-53)81-54-49(43(67)39(63)33(19-58)80-54)84-51-45(69)42(66)37(61)24(5)77-51/h13,21-28,30,32-54,58,60-71H,10-12,14-20H2,1-9H3,(H,72,73,74)/t22?,23?,24?,25?,26-,27?,28?,30+,32-,33?,34?,35?,36?,37?,38?,39?,40?,41?,42?,43?,44?,45?,46?,47?,48?,49?,50?,51?,52?,53?,54?,55+,56-,57-/m0/s1. The minimum absolute atomic E-state index is 0.00277. The molecule has 0 radical (unpaired) electrons. The van der Waals surface area contributed by atoms with Crippen molar-refractivity contribution in [1.29, 1.82) is 0 Å². The first-order valence-electron chi connectivity index (χ1n) is 30.3. The molecule has 8 fully saturated rings. The number of ether oxygens (including phenoxy) is 10. The minimum atomic E-state index is -4.89. The second-order valence-electron chi connectivity index (χ2n) is 27.0. The molecule has 0 aromatic rings. The fourth-order valence-corrected chi connectivity index (χ4v) is 16.2. The number of ketones is 1. The number of hydrogen-bond donors (Lipinski definition) is 14. The maximum absolute atomic E-state index is 13.5. The molecule has 5 heterocycles. The highest BCUT2D eigenvalue weighted by molar-refractivity contribution is 7.80. The highest BCUT2D eigenvalue weighted by Gasteiger charge is 2.64. The number of fused-ring (bicyclic) bond motifs is 5. The van der Waals surface area contributed by atoms with Crippen LogP contribution in [0.2, 0.25) is 0 Å². The van der Waals surface area contributed by atoms with E-state index < -0.39 is 206 Å². The van der Waals surface area contributed by atoms with E-state index in [0.717, 1.165) is 5.57 Å². The molecule has 34 atom stereocenters. The van der Waals surface area contributed by atoms with Crippen LogP contribution >= 0.6 is 0 Å². The van der Waals surface area contributed by atoms with Crippen LogP contribution in [-0.4, -0.2) is 264 Å². The molecule has 4 aliphatic carbocycles. The molecular weight excluding hydrogens is 1160 g/mol. The second kappa shape index (κ2) is 26.4. The van der Waals surface area contributed by atoms with Crippen molar-refractivity contribution in [3.63, 3.8) is 0 Å². The summed E-state index contributed by atoms with van der Waals surface area (Å²) in [6, 6.07) is 0. The number of hydrogen-bond acceptors (Lipinski definition) is 27. The van der Waals surface area contributed by atoms with E-state index in [4.69, 9.17) is 51.6 Å². The van der Waals surface area contributed by atoms with E-state index in [1.807, 2.05) is 20.8 Å². The number of aliphatic hydroxyl groups excluding tert-OH is 12. The van der Waals surface area contributed by atoms with E-state index in [2.05, 4.69) is 19.9 Å². The van der Waals surface area contributed by atoms with Crippen molar-refractivity contribution in [2.75, 3.05) is 13.2 Å². The van der Waals surface area contributed by atoms with Crippen LogP contribution in [0.25, 0.3) is 0 Å². The number of carbonyl (C=O) groups excluding carboxylic acids is 1. The van der Waals surface area contributed by atoms with Crippen LogP contribution in [-0.2, 0) is 66.7 Å². The van der Waals surface area contributed by atoms with E-state index in [0.29, 0.717) is 32.1 Å². The topological polar surface area (TPSA) is 436 Å². The van der Waals surface area contributed by atoms with Gasteiger partial charge in [0.25, 0.3) is 0 Å². The van der Waals surface area contributed by atoms with Gasteiger partial charge < -0.3 is 114 Å². The van der Waals surface area contributed by atoms with Gasteiger partial charge in [-0.15, -0.1) is 0 Å². The van der Waals surface area contributed by atoms with Crippen LogP contribution in [0.5, 0.6) is 0 Å². The Morgan fingerprint density at radius 2 is 1.19 bits per heavy atom. The number of Topliss-reactive ketones (excluding diaryl/α,β-unsaturated/α-hetero) is 1. The van der Waals surface area contributed by atoms with Crippen molar-refractivity contribution in [2.45, 2.75) is 279 Å². The van der Waals surface area contributed by atoms with E-state index in [1.165, 1.54) is 20.8 Å². The second-order valence-corrected chi connectivity index (χ2v) is 28.1. The monoisotopic (exact) mass is 1260 g/mol. The smallest absolute Gasteiger partial charge is 0.394 e. The van der Waals surface area contributed by atoms with Crippen molar-refractivity contribution in [3.8, 4) is 0 Å². The first-order valence-corrected chi connectivity index (χ1v) is 31.7. The molecular formula is C57H94O28S. The Labute approximate surface area is 500 Å². The summed E-state index contributed by atoms with van der Waals surface area (Å²) in [5.74, 6) is -1.10. The Morgan fingerprint density at radius 3 is 1.76 bits per heavy atom. The van der Waals surface area contributed by atoms with Crippen molar-refractivity contribution in [2.24, 2.45) is 46.3 Å². The van der Waals surface area contributed by atoms with Crippen molar-refractivity contribution >= 4 is 16.2 Å². The molecule has 5 saturated heterocycles. The van der Waals surface area contributed by atoms with Gasteiger partial charge in [0.1, 0.15) is 103 Å². The normalized spacial score (nSPS) is 51.2. The van der Waals surface area contributed by atoms with Gasteiger partial charge in [0.2, 0.25) is 0 Å². The SMILES string of the molecule is CC(C)C(C)C(=O)C[C@](C)(O)C1CCC2C3C[C@H](OC4OC(C)C(O)C(OC5OCC(OC6OC(CO)C(O)C(O)C6OC6OC(C)C(O)C(O)C6O)C(O)C5OC5OC(C)C(O)C(O)C5O)C4O)[C@H]4C[C@@H](OS(=O)(=O)O)CC[C@]4(C)C3=CC[C@@]21C. The van der Waals surface area contributed by atoms with Crippen molar-refractivity contribution in [1.82, 2.24) is 0 Å². The summed E-state index contributed by atoms with van der Waals surface area (Å²) in [5, 5.41) is 145. The van der Waals surface area contributed by atoms with Gasteiger partial charge in [-0.05, 0) is 113 Å². The molecule has 0 aromatic carbocycles. The van der Waals surface area contributed by atoms with Gasteiger partial charge in [-0.25, -0.2) is 4.18 Å². The summed E-state index contributed by atoms with van der Waals surface area (Å²) in [7, 11) is -4.89. The molecule has 14 N–H and O–H groups in total. The first-order chi connectivity index (χ1) is 40.1. The highest BCUT2D eigenvalue weighted by Crippen LogP contribution is 2.67. The van der Waals surface area contributed by atoms with E-state index in [1.54, 1.807) is 6.92 Å². The van der Waals surface area contributed by atoms with Crippen molar-refractivity contribution < 1.29 is 136 Å². The molecule has 0 spiro atoms. The van der Waals surface area contributed by atoms with Gasteiger partial charge >= 0.3 is 10.4 Å². The molecule has 29 heteroatoms. The van der Waals surface area contributed by atoms with E-state index in [-0.39, 0.29) is 54.6 Å². The molecule has 0 bridgehead atoms. The average molecular weight is 1260 g/mol. The zero-order chi connectivity index (χ0) is 63.2. The summed E-state index contributed by atoms with van der Waals surface area (Å²) in [6.45, 7) is 14.5. The lowest BCUT2D eigenvalue weighted by atomic mass is 9.47. The van der Waals surface area contributed by atoms with Gasteiger partial charge in [0.05, 0.1) is 49.3 Å². The Bertz CT molecular complexity index is 2460. The Morgan fingerprint density at radius 1 is 0.640 bits per heavy atom. The summed E-state index contributed by atoms with van der Waals surface area (Å²) in [4.78, 5) is 13.5. The molecule has 28 nitrogen and oxygen atoms in total. The van der Waals surface area contributed by atoms with Crippen LogP contribution in [0.3, 0.4) is 0 Å². The summed E-state index contributed by atoms with van der Waals surface area (Å²) in [6.07, 6.45) is -37.5. The molecule has 28 unspecified atom stereocenters. The Balaban J connectivity index is 0.983. The third-order valence-electron chi connectivity index (χ3n) is 21.1. The summed E-state index contributed by atoms with van der Waals surface area (Å²) in [5.41, 5.74) is -1.30. The van der Waals surface area contributed by atoms with Gasteiger partial charge in [-0.2, -0.15) is 8.42 Å². The Kier molecular flexibility index (Phi) is 21.1. The lowest BCUT2D eigenvalue weighted by Crippen LogP contribution is -2.67. The van der Waals surface area contributed by atoms with Crippen LogP contribution in [0.4, 0.5) is 0 Å². The molecule has 496 valence electrons. The van der Waals surface area contributed by atoms with Gasteiger partial charge in [0.15, 0.2) is 31.5 Å². The molecule has 0 aromatic heterocycles. The van der Waals surface area contributed by atoms with Crippen LogP contribution in [0.15, 0.2) is 11.6 Å². The molecule has 5 aliphatic heterocycles. The summed E-state index contributed by atoms with van der Waals surface area (Å²) >= 11 is 0. The highest BCUT2D eigenvalue weighted by atomic mass is 32.3. The van der Waals surface area contributed by atoms with E-state index >= 15 is 0 Å². The predicted molar refractivity (Wildman–Crippen MR) is 290 cm³/mol. The number of allylic oxidation sites excluding steroid dienone is 2. The molecule has 86 heavy (non-hydrogen) atoms. The van der Waals surface area contributed by atoms with E-state index in [9.17, 15) is 84.1 Å². The first kappa shape index (κ1) is 68.7. The van der Waals surface area contributed by atoms with Gasteiger partial charge in [-0.1, -0.05) is 46.3 Å². The Hall–Kier alpha value is -1.64. The van der Waals surface area contributed by atoms with Gasteiger partial charge in [0, 0.05) is 12.3 Å². The van der Waals surface area contributed by atoms with Crippen LogP contribution in [0, 0.1) is 46.3 Å². The zero-order valence-corrected chi connectivity index (χ0v) is 50.8. The van der Waals surface area contributed by atoms with Crippen molar-refractivity contribution in [3.05, 3.63) is 11.6 Å². The third kappa shape index (κ3) is 13.3. The zero-order valence-electron chi connectivity index (χ0n) is 50.0. The fraction of sp³-hybridized carbons (Fsp3) is 0.947. The fourth-order valence-electron chi connectivity index (χ4n) is 15.7. The van der Waals surface area contributed by atoms with Gasteiger partial charge in [-0.3, -0.25) is 9.35 Å². The molecule has 9 aliphatic rings. The lowest BCUT2D eigenvalue weighted by molar-refractivity contribution is -0.398. The minimum Gasteiger partial charge on any atom is -0.394 e. The van der Waals surface area contributed by atoms with Crippen LogP contribution in [0.1, 0.15) is 114 Å². The maximum Gasteiger partial charge on any atom is 0.397 e. The quantitative estimate of drug-likeness (QED) is 0.0501. The average Bonchev–Trinajstić information content (AvgIpc) is 1.31. The molecule has 9 rings (SSSR count). The number of aliphatic hydroxyl groups is 13. The third-order valence-corrected chi connectivity index (χ3v) is 21.7. The molecule has 3 saturated carbocycles. The predicted octanol–water partition coefficient (Wildman–Crippen LogP) is -2.43. The lowest BCUT2D eigenvalue weighted by Gasteiger charge is -2.60. The molecule has 0 amide bonds. The summed E-state index contributed by atoms with van der Waals surface area (Å²) < 4.78 is 100. The number of carbonyl (C=O) groups is 1. The number of rotatable bonds is 18. The van der Waals surface area contributed by atoms with Crippen LogP contribution < -0.4 is 0 Å². The largest absolute Gasteiger partial charge is 0.397 e. The maximum atomic E-state index is 13.5.